The van der Waals surface area contributed by atoms with Gasteiger partial charge in [0.1, 0.15) is 11.7 Å². The summed E-state index contributed by atoms with van der Waals surface area (Å²) < 4.78 is 17.7. The van der Waals surface area contributed by atoms with E-state index in [1.165, 1.54) is 25.5 Å². The fourth-order valence-corrected chi connectivity index (χ4v) is 7.41. The van der Waals surface area contributed by atoms with Crippen molar-refractivity contribution in [2.45, 2.75) is 57.3 Å². The number of hydrogen-bond donors (Lipinski definition) is 0. The van der Waals surface area contributed by atoms with Gasteiger partial charge in [-0.05, 0) is 37.3 Å². The van der Waals surface area contributed by atoms with Crippen molar-refractivity contribution in [3.63, 3.8) is 0 Å². The number of ether oxygens (including phenoxy) is 2. The van der Waals surface area contributed by atoms with Crippen LogP contribution in [0.25, 0.3) is 0 Å². The molecule has 1 amide bonds. The summed E-state index contributed by atoms with van der Waals surface area (Å²) in [5.41, 5.74) is 0.0797. The molecule has 7 atom stereocenters. The van der Waals surface area contributed by atoms with Crippen LogP contribution in [0.3, 0.4) is 0 Å². The van der Waals surface area contributed by atoms with Crippen LogP contribution in [-0.4, -0.2) is 72.2 Å². The van der Waals surface area contributed by atoms with Crippen molar-refractivity contribution in [3.05, 3.63) is 24.2 Å². The topological polar surface area (TPSA) is 75.5 Å². The van der Waals surface area contributed by atoms with E-state index >= 15 is 0 Å². The van der Waals surface area contributed by atoms with Crippen molar-refractivity contribution in [2.24, 2.45) is 23.2 Å². The number of esters is 1. The Balaban J connectivity index is 1.13. The molecule has 1 aromatic rings. The number of epoxide rings is 1. The molecule has 3 aliphatic heterocycles. The van der Waals surface area contributed by atoms with Crippen molar-refractivity contribution in [1.82, 2.24) is 9.80 Å². The van der Waals surface area contributed by atoms with E-state index in [-0.39, 0.29) is 46.9 Å². The highest BCUT2D eigenvalue weighted by Gasteiger charge is 2.78. The molecule has 2 saturated carbocycles. The first kappa shape index (κ1) is 19.8. The summed E-state index contributed by atoms with van der Waals surface area (Å²) in [6.07, 6.45) is 6.25. The Bertz CT molecular complexity index is 879. The van der Waals surface area contributed by atoms with E-state index in [4.69, 9.17) is 13.9 Å². The molecule has 5 fully saturated rings. The van der Waals surface area contributed by atoms with Gasteiger partial charge in [-0.3, -0.25) is 14.5 Å². The van der Waals surface area contributed by atoms with Crippen LogP contribution < -0.4 is 0 Å². The lowest BCUT2D eigenvalue weighted by molar-refractivity contribution is -0.146. The third-order valence-corrected chi connectivity index (χ3v) is 9.04. The fourth-order valence-electron chi connectivity index (χ4n) is 7.41. The smallest absolute Gasteiger partial charge is 0.311 e. The number of carbonyl (C=O) groups excluding carboxylic acids is 2. The molecular formula is C24H32N2O5. The van der Waals surface area contributed by atoms with Crippen LogP contribution in [0, 0.1) is 23.2 Å². The summed E-state index contributed by atoms with van der Waals surface area (Å²) in [5, 5.41) is 0. The van der Waals surface area contributed by atoms with Gasteiger partial charge in [-0.25, -0.2) is 0 Å². The quantitative estimate of drug-likeness (QED) is 0.544. The molecule has 0 bridgehead atoms. The summed E-state index contributed by atoms with van der Waals surface area (Å²) in [6.45, 7) is 8.21. The molecule has 0 radical (unpaired) electrons. The molecule has 31 heavy (non-hydrogen) atoms. The normalized spacial score (nSPS) is 44.3. The molecule has 7 nitrogen and oxygen atoms in total. The largest absolute Gasteiger partial charge is 0.462 e. The van der Waals surface area contributed by atoms with Crippen LogP contribution in [0.1, 0.15) is 50.1 Å². The molecule has 4 heterocycles. The Hall–Kier alpha value is -1.86. The lowest BCUT2D eigenvalue weighted by atomic mass is 9.53. The molecule has 0 unspecified atom stereocenters. The predicted molar refractivity (Wildman–Crippen MR) is 111 cm³/mol. The number of hydrogen-bond acceptors (Lipinski definition) is 6. The maximum absolute atomic E-state index is 12.9. The van der Waals surface area contributed by atoms with Crippen molar-refractivity contribution in [2.75, 3.05) is 32.7 Å². The Kier molecular flexibility index (Phi) is 4.35. The minimum absolute atomic E-state index is 0.00440. The average molecular weight is 429 g/mol. The maximum atomic E-state index is 12.9. The first-order valence-electron chi connectivity index (χ1n) is 11.9. The summed E-state index contributed by atoms with van der Waals surface area (Å²) in [5.74, 6) is 0.869. The first-order chi connectivity index (χ1) is 14.9. The molecular weight excluding hydrogens is 396 g/mol. The van der Waals surface area contributed by atoms with Crippen molar-refractivity contribution in [1.29, 1.82) is 0 Å². The third-order valence-electron chi connectivity index (χ3n) is 9.04. The molecule has 1 aromatic heterocycles. The molecule has 168 valence electrons. The number of amides is 1. The highest BCUT2D eigenvalue weighted by molar-refractivity contribution is 5.91. The number of rotatable bonds is 3. The third kappa shape index (κ3) is 2.78. The second-order valence-corrected chi connectivity index (χ2v) is 10.6. The van der Waals surface area contributed by atoms with Gasteiger partial charge in [0.05, 0.1) is 18.3 Å². The predicted octanol–water partition coefficient (Wildman–Crippen LogP) is 2.56. The van der Waals surface area contributed by atoms with Gasteiger partial charge in [0, 0.05) is 44.1 Å². The molecule has 5 aliphatic rings. The Morgan fingerprint density at radius 1 is 1.26 bits per heavy atom. The van der Waals surface area contributed by atoms with E-state index in [2.05, 4.69) is 18.7 Å². The van der Waals surface area contributed by atoms with E-state index < -0.39 is 0 Å². The van der Waals surface area contributed by atoms with Gasteiger partial charge in [0.25, 0.3) is 5.91 Å². The number of carbonyl (C=O) groups is 2. The summed E-state index contributed by atoms with van der Waals surface area (Å²) >= 11 is 0. The first-order valence-corrected chi connectivity index (χ1v) is 11.9. The van der Waals surface area contributed by atoms with Gasteiger partial charge >= 0.3 is 5.97 Å². The van der Waals surface area contributed by atoms with Crippen LogP contribution in [0.4, 0.5) is 0 Å². The highest BCUT2D eigenvalue weighted by atomic mass is 16.6. The SMILES string of the molecule is C[C@@H]1CCC[C@@]2(C)C[C@H]3OC(=O)[C@H](CN4CCN(C(=O)c5ccco5)CC4)[C@@H]3[C@@H]3O[C@]132. The van der Waals surface area contributed by atoms with E-state index in [1.54, 1.807) is 12.1 Å². The van der Waals surface area contributed by atoms with Crippen molar-refractivity contribution < 1.29 is 23.5 Å². The molecule has 3 saturated heterocycles. The highest BCUT2D eigenvalue weighted by Crippen LogP contribution is 2.70. The second kappa shape index (κ2) is 6.82. The zero-order chi connectivity index (χ0) is 21.4. The zero-order valence-corrected chi connectivity index (χ0v) is 18.4. The van der Waals surface area contributed by atoms with Gasteiger partial charge < -0.3 is 18.8 Å². The van der Waals surface area contributed by atoms with Crippen molar-refractivity contribution in [3.8, 4) is 0 Å². The van der Waals surface area contributed by atoms with E-state index in [0.29, 0.717) is 31.3 Å². The molecule has 7 heteroatoms. The van der Waals surface area contributed by atoms with Crippen LogP contribution in [0.5, 0.6) is 0 Å². The van der Waals surface area contributed by atoms with Crippen LogP contribution >= 0.6 is 0 Å². The van der Waals surface area contributed by atoms with E-state index in [0.717, 1.165) is 19.5 Å². The maximum Gasteiger partial charge on any atom is 0.311 e. The Morgan fingerprint density at radius 2 is 2.06 bits per heavy atom. The summed E-state index contributed by atoms with van der Waals surface area (Å²) in [7, 11) is 0. The van der Waals surface area contributed by atoms with Gasteiger partial charge in [0.2, 0.25) is 0 Å². The molecule has 1 spiro atoms. The minimum Gasteiger partial charge on any atom is -0.462 e. The van der Waals surface area contributed by atoms with E-state index in [1.807, 2.05) is 4.90 Å². The monoisotopic (exact) mass is 428 g/mol. The number of furan rings is 1. The van der Waals surface area contributed by atoms with Gasteiger partial charge in [0.15, 0.2) is 5.76 Å². The minimum atomic E-state index is -0.125. The second-order valence-electron chi connectivity index (χ2n) is 10.6. The van der Waals surface area contributed by atoms with Gasteiger partial charge in [-0.1, -0.05) is 20.3 Å². The average Bonchev–Trinajstić information content (AvgIpc) is 3.13. The van der Waals surface area contributed by atoms with E-state index in [9.17, 15) is 9.59 Å². The van der Waals surface area contributed by atoms with Gasteiger partial charge in [-0.15, -0.1) is 0 Å². The zero-order valence-electron chi connectivity index (χ0n) is 18.4. The molecule has 2 aliphatic carbocycles. The van der Waals surface area contributed by atoms with Crippen molar-refractivity contribution >= 4 is 11.9 Å². The summed E-state index contributed by atoms with van der Waals surface area (Å²) in [6, 6.07) is 3.44. The number of piperazine rings is 1. The van der Waals surface area contributed by atoms with Gasteiger partial charge in [-0.2, -0.15) is 0 Å². The van der Waals surface area contributed by atoms with Crippen LogP contribution in [-0.2, 0) is 14.3 Å². The molecule has 0 aromatic carbocycles. The fraction of sp³-hybridized carbons (Fsp3) is 0.750. The lowest BCUT2D eigenvalue weighted by Crippen LogP contribution is -2.55. The van der Waals surface area contributed by atoms with Crippen LogP contribution in [0.2, 0.25) is 0 Å². The number of fused-ring (bicyclic) bond motifs is 2. The van der Waals surface area contributed by atoms with Crippen LogP contribution in [0.15, 0.2) is 22.8 Å². The summed E-state index contributed by atoms with van der Waals surface area (Å²) in [4.78, 5) is 29.6. The molecule has 0 N–H and O–H groups in total. The Labute approximate surface area is 183 Å². The molecule has 6 rings (SSSR count). The number of nitrogens with zero attached hydrogens (tertiary/aromatic N) is 2. The lowest BCUT2D eigenvalue weighted by Gasteiger charge is -2.49. The standard InChI is InChI=1S/C24H32N2O5/c1-15-5-3-7-23(2)13-18-19(20-24(15,23)31-20)16(22(28)30-18)14-25-8-10-26(11-9-25)21(27)17-6-4-12-29-17/h4,6,12,15-16,18-20H,3,5,7-11,13-14H2,1-2H3/t15-,16-,18-,19+,20+,23+,24-/m1/s1. The Morgan fingerprint density at radius 3 is 2.81 bits per heavy atom.